The third-order valence-corrected chi connectivity index (χ3v) is 3.72. The summed E-state index contributed by atoms with van der Waals surface area (Å²) in [4.78, 5) is 58.7. The zero-order valence-corrected chi connectivity index (χ0v) is 16.1. The van der Waals surface area contributed by atoms with Gasteiger partial charge in [0.05, 0.1) is 18.6 Å². The predicted molar refractivity (Wildman–Crippen MR) is 95.8 cm³/mol. The molecule has 0 aromatic carbocycles. The van der Waals surface area contributed by atoms with Crippen LogP contribution in [-0.2, 0) is 24.0 Å². The number of amides is 3. The summed E-state index contributed by atoms with van der Waals surface area (Å²) in [6.07, 6.45) is -2.21. The second-order valence-corrected chi connectivity index (χ2v) is 6.74. The molecule has 0 fully saturated rings. The minimum Gasteiger partial charge on any atom is -0.481 e. The van der Waals surface area contributed by atoms with Crippen LogP contribution in [0.2, 0.25) is 0 Å². The van der Waals surface area contributed by atoms with Gasteiger partial charge in [-0.2, -0.15) is 0 Å². The van der Waals surface area contributed by atoms with Gasteiger partial charge in [0, 0.05) is 0 Å². The van der Waals surface area contributed by atoms with Crippen molar-refractivity contribution in [1.29, 1.82) is 0 Å². The van der Waals surface area contributed by atoms with Crippen LogP contribution in [0.5, 0.6) is 0 Å². The highest BCUT2D eigenvalue weighted by molar-refractivity contribution is 5.95. The summed E-state index contributed by atoms with van der Waals surface area (Å²) in [7, 11) is 0. The normalized spacial score (nSPS) is 16.2. The van der Waals surface area contributed by atoms with Crippen molar-refractivity contribution in [3.8, 4) is 0 Å². The second kappa shape index (κ2) is 11.2. The number of aliphatic hydroxyl groups excluding tert-OH is 1. The molecule has 0 saturated heterocycles. The van der Waals surface area contributed by atoms with E-state index in [4.69, 9.17) is 15.9 Å². The highest BCUT2D eigenvalue weighted by Crippen LogP contribution is 2.04. The number of carboxylic acid groups (broad SMARTS) is 2. The number of hydrogen-bond acceptors (Lipinski definition) is 7. The van der Waals surface area contributed by atoms with E-state index in [1.807, 2.05) is 0 Å². The molecule has 0 heterocycles. The van der Waals surface area contributed by atoms with Crippen LogP contribution in [0.4, 0.5) is 0 Å². The lowest BCUT2D eigenvalue weighted by Gasteiger charge is -2.26. The molecule has 0 aliphatic heterocycles. The average molecular weight is 404 g/mol. The zero-order chi connectivity index (χ0) is 22.2. The first-order valence-electron chi connectivity index (χ1n) is 8.57. The Hall–Kier alpha value is -2.73. The number of carbonyl (C=O) groups excluding carboxylic acids is 3. The van der Waals surface area contributed by atoms with Crippen LogP contribution < -0.4 is 21.7 Å². The monoisotopic (exact) mass is 404 g/mol. The molecule has 0 aliphatic carbocycles. The van der Waals surface area contributed by atoms with Crippen molar-refractivity contribution in [2.45, 2.75) is 64.4 Å². The van der Waals surface area contributed by atoms with Gasteiger partial charge in [-0.05, 0) is 19.8 Å². The highest BCUT2D eigenvalue weighted by atomic mass is 16.4. The number of nitrogens with one attached hydrogen (secondary N) is 3. The molecule has 8 N–H and O–H groups in total. The van der Waals surface area contributed by atoms with Crippen molar-refractivity contribution >= 4 is 29.7 Å². The summed E-state index contributed by atoms with van der Waals surface area (Å²) in [5.41, 5.74) is 5.39. The molecule has 0 saturated carbocycles. The van der Waals surface area contributed by atoms with Crippen LogP contribution in [0.3, 0.4) is 0 Å². The Morgan fingerprint density at radius 1 is 0.821 bits per heavy atom. The van der Waals surface area contributed by atoms with Crippen molar-refractivity contribution in [1.82, 2.24) is 16.0 Å². The first-order chi connectivity index (χ1) is 12.8. The van der Waals surface area contributed by atoms with Gasteiger partial charge in [-0.25, -0.2) is 4.79 Å². The Kier molecular flexibility index (Phi) is 10.1. The zero-order valence-electron chi connectivity index (χ0n) is 16.1. The number of carbonyl (C=O) groups is 5. The number of nitrogens with two attached hydrogens (primary N) is 1. The molecule has 5 atom stereocenters. The summed E-state index contributed by atoms with van der Waals surface area (Å²) >= 11 is 0. The number of aliphatic hydroxyl groups is 1. The molecule has 12 nitrogen and oxygen atoms in total. The Morgan fingerprint density at radius 3 is 1.68 bits per heavy atom. The van der Waals surface area contributed by atoms with E-state index >= 15 is 0 Å². The maximum atomic E-state index is 12.4. The van der Waals surface area contributed by atoms with Crippen molar-refractivity contribution in [3.63, 3.8) is 0 Å². The lowest BCUT2D eigenvalue weighted by atomic mass is 10.0. The minimum absolute atomic E-state index is 0.502. The molecular formula is C16H28N4O8. The number of carboxylic acids is 2. The van der Waals surface area contributed by atoms with E-state index < -0.39 is 72.3 Å². The Labute approximate surface area is 161 Å². The summed E-state index contributed by atoms with van der Waals surface area (Å²) in [5, 5.41) is 34.3. The van der Waals surface area contributed by atoms with E-state index in [2.05, 4.69) is 16.0 Å². The Morgan fingerprint density at radius 2 is 1.32 bits per heavy atom. The average Bonchev–Trinajstić information content (AvgIpc) is 2.54. The van der Waals surface area contributed by atoms with Gasteiger partial charge >= 0.3 is 11.9 Å². The fraction of sp³-hybridized carbons (Fsp3) is 0.688. The first kappa shape index (κ1) is 25.3. The summed E-state index contributed by atoms with van der Waals surface area (Å²) < 4.78 is 0. The fourth-order valence-corrected chi connectivity index (χ4v) is 2.10. The molecule has 0 aliphatic rings. The molecule has 3 amide bonds. The lowest BCUT2D eigenvalue weighted by molar-refractivity contribution is -0.144. The molecular weight excluding hydrogens is 376 g/mol. The van der Waals surface area contributed by atoms with Crippen LogP contribution in [0.15, 0.2) is 0 Å². The quantitative estimate of drug-likeness (QED) is 0.192. The number of hydrogen-bond donors (Lipinski definition) is 7. The van der Waals surface area contributed by atoms with Gasteiger partial charge in [-0.3, -0.25) is 19.2 Å². The van der Waals surface area contributed by atoms with Crippen molar-refractivity contribution in [3.05, 3.63) is 0 Å². The van der Waals surface area contributed by atoms with E-state index in [1.54, 1.807) is 0 Å². The third-order valence-electron chi connectivity index (χ3n) is 3.72. The molecule has 0 spiro atoms. The third kappa shape index (κ3) is 8.31. The molecule has 160 valence electrons. The van der Waals surface area contributed by atoms with Gasteiger partial charge in [-0.1, -0.05) is 13.8 Å². The van der Waals surface area contributed by atoms with Crippen molar-refractivity contribution in [2.24, 2.45) is 11.7 Å². The second-order valence-electron chi connectivity index (χ2n) is 6.74. The maximum absolute atomic E-state index is 12.4. The van der Waals surface area contributed by atoms with E-state index in [-0.39, 0.29) is 0 Å². The smallest absolute Gasteiger partial charge is 0.326 e. The van der Waals surface area contributed by atoms with E-state index in [9.17, 15) is 29.1 Å². The standard InChI is InChI=1S/C16H28N4O8/c1-6(2)11(16(27)28)19-14(25)9(5-10(22)23)18-15(26)12(8(4)21)20-13(24)7(3)17/h6-9,11-12,21H,5,17H2,1-4H3,(H,18,26)(H,19,25)(H,20,24)(H,22,23)(H,27,28). The Balaban J connectivity index is 5.41. The predicted octanol–water partition coefficient (Wildman–Crippen LogP) is -2.62. The molecule has 0 aromatic heterocycles. The van der Waals surface area contributed by atoms with Gasteiger partial charge in [0.2, 0.25) is 17.7 Å². The summed E-state index contributed by atoms with van der Waals surface area (Å²) in [6, 6.07) is -5.40. The van der Waals surface area contributed by atoms with Crippen LogP contribution >= 0.6 is 0 Å². The van der Waals surface area contributed by atoms with E-state index in [0.29, 0.717) is 0 Å². The van der Waals surface area contributed by atoms with Crippen LogP contribution in [-0.4, -0.2) is 75.3 Å². The number of rotatable bonds is 11. The molecule has 0 aromatic rings. The van der Waals surface area contributed by atoms with Crippen molar-refractivity contribution in [2.75, 3.05) is 0 Å². The summed E-state index contributed by atoms with van der Waals surface area (Å²) in [5.74, 6) is -6.05. The van der Waals surface area contributed by atoms with Crippen molar-refractivity contribution < 1.29 is 39.3 Å². The van der Waals surface area contributed by atoms with E-state index in [0.717, 1.165) is 0 Å². The minimum atomic E-state index is -1.63. The summed E-state index contributed by atoms with van der Waals surface area (Å²) in [6.45, 7) is 5.63. The van der Waals surface area contributed by atoms with Gasteiger partial charge in [0.1, 0.15) is 18.1 Å². The molecule has 0 radical (unpaired) electrons. The van der Waals surface area contributed by atoms with Gasteiger partial charge in [0.25, 0.3) is 0 Å². The molecule has 0 bridgehead atoms. The molecule has 12 heteroatoms. The first-order valence-corrected chi connectivity index (χ1v) is 8.57. The van der Waals surface area contributed by atoms with Crippen LogP contribution in [0.25, 0.3) is 0 Å². The topological polar surface area (TPSA) is 208 Å². The molecule has 28 heavy (non-hydrogen) atoms. The van der Waals surface area contributed by atoms with E-state index in [1.165, 1.54) is 27.7 Å². The lowest BCUT2D eigenvalue weighted by Crippen LogP contribution is -2.60. The number of aliphatic carboxylic acids is 2. The van der Waals surface area contributed by atoms with Crippen LogP contribution in [0, 0.1) is 5.92 Å². The SMILES string of the molecule is CC(N)C(=O)NC(C(=O)NC(CC(=O)O)C(=O)NC(C(=O)O)C(C)C)C(C)O. The van der Waals surface area contributed by atoms with Crippen LogP contribution in [0.1, 0.15) is 34.1 Å². The fourth-order valence-electron chi connectivity index (χ4n) is 2.10. The van der Waals surface area contributed by atoms with Gasteiger partial charge in [0.15, 0.2) is 0 Å². The molecule has 0 rings (SSSR count). The molecule has 5 unspecified atom stereocenters. The Bertz CT molecular complexity index is 605. The largest absolute Gasteiger partial charge is 0.481 e. The van der Waals surface area contributed by atoms with Gasteiger partial charge in [-0.15, -0.1) is 0 Å². The highest BCUT2D eigenvalue weighted by Gasteiger charge is 2.33. The maximum Gasteiger partial charge on any atom is 0.326 e. The van der Waals surface area contributed by atoms with Gasteiger partial charge < -0.3 is 37.0 Å².